The lowest BCUT2D eigenvalue weighted by atomic mass is 9.99. The Morgan fingerprint density at radius 1 is 1.27 bits per heavy atom. The topological polar surface area (TPSA) is 23.6 Å². The van der Waals surface area contributed by atoms with E-state index in [4.69, 9.17) is 0 Å². The maximum atomic E-state index is 11.4. The van der Waals surface area contributed by atoms with Crippen molar-refractivity contribution in [2.75, 3.05) is 39.3 Å². The Bertz CT molecular complexity index is 254. The molecule has 0 amide bonds. The summed E-state index contributed by atoms with van der Waals surface area (Å²) in [5, 5.41) is 0. The monoisotopic (exact) mass is 208 g/mol. The van der Waals surface area contributed by atoms with E-state index < -0.39 is 0 Å². The van der Waals surface area contributed by atoms with E-state index in [1.165, 1.54) is 0 Å². The molecule has 2 aliphatic heterocycles. The van der Waals surface area contributed by atoms with E-state index in [1.807, 2.05) is 6.92 Å². The molecule has 0 N–H and O–H groups in total. The van der Waals surface area contributed by atoms with Crippen LogP contribution in [0.25, 0.3) is 0 Å². The van der Waals surface area contributed by atoms with Gasteiger partial charge in [-0.3, -0.25) is 9.69 Å². The zero-order chi connectivity index (χ0) is 10.7. The standard InChI is InChI=1S/C12H20N2O/c1-11-10-14(7-4-12(11)15)9-8-13-5-2-3-6-13/h2-3,11H,4-10H2,1H3. The van der Waals surface area contributed by atoms with Gasteiger partial charge < -0.3 is 4.90 Å². The maximum absolute atomic E-state index is 11.4. The summed E-state index contributed by atoms with van der Waals surface area (Å²) < 4.78 is 0. The van der Waals surface area contributed by atoms with Gasteiger partial charge in [0.2, 0.25) is 0 Å². The van der Waals surface area contributed by atoms with E-state index in [9.17, 15) is 4.79 Å². The fraction of sp³-hybridized carbons (Fsp3) is 0.750. The van der Waals surface area contributed by atoms with Crippen LogP contribution in [-0.4, -0.2) is 54.9 Å². The smallest absolute Gasteiger partial charge is 0.138 e. The largest absolute Gasteiger partial charge is 0.301 e. The third-order valence-electron chi connectivity index (χ3n) is 3.38. The second-order valence-electron chi connectivity index (χ2n) is 4.65. The molecule has 0 aliphatic carbocycles. The third-order valence-corrected chi connectivity index (χ3v) is 3.38. The highest BCUT2D eigenvalue weighted by molar-refractivity contribution is 5.81. The van der Waals surface area contributed by atoms with E-state index in [2.05, 4.69) is 22.0 Å². The number of likely N-dealkylation sites (tertiary alicyclic amines) is 1. The summed E-state index contributed by atoms with van der Waals surface area (Å²) in [4.78, 5) is 16.2. The Balaban J connectivity index is 1.69. The van der Waals surface area contributed by atoms with Crippen LogP contribution in [0.15, 0.2) is 12.2 Å². The highest BCUT2D eigenvalue weighted by Crippen LogP contribution is 2.12. The fourth-order valence-electron chi connectivity index (χ4n) is 2.29. The Labute approximate surface area is 91.7 Å². The van der Waals surface area contributed by atoms with Crippen LogP contribution in [0, 0.1) is 5.92 Å². The lowest BCUT2D eigenvalue weighted by Gasteiger charge is -2.31. The SMILES string of the molecule is CC1CN(CCN2CC=CC2)CCC1=O. The molecule has 84 valence electrons. The molecule has 0 aromatic rings. The maximum Gasteiger partial charge on any atom is 0.138 e. The first-order valence-electron chi connectivity index (χ1n) is 5.88. The van der Waals surface area contributed by atoms with E-state index in [1.54, 1.807) is 0 Å². The number of carbonyl (C=O) groups is 1. The highest BCUT2D eigenvalue weighted by Gasteiger charge is 2.23. The van der Waals surface area contributed by atoms with Crippen molar-refractivity contribution in [3.8, 4) is 0 Å². The van der Waals surface area contributed by atoms with Gasteiger partial charge >= 0.3 is 0 Å². The number of hydrogen-bond donors (Lipinski definition) is 0. The molecule has 15 heavy (non-hydrogen) atoms. The lowest BCUT2D eigenvalue weighted by molar-refractivity contribution is -0.125. The van der Waals surface area contributed by atoms with Crippen LogP contribution < -0.4 is 0 Å². The summed E-state index contributed by atoms with van der Waals surface area (Å²) in [5.74, 6) is 0.685. The van der Waals surface area contributed by atoms with Gasteiger partial charge in [0, 0.05) is 51.6 Å². The van der Waals surface area contributed by atoms with Gasteiger partial charge in [0.1, 0.15) is 5.78 Å². The van der Waals surface area contributed by atoms with Crippen molar-refractivity contribution in [2.45, 2.75) is 13.3 Å². The first-order valence-corrected chi connectivity index (χ1v) is 5.88. The highest BCUT2D eigenvalue weighted by atomic mass is 16.1. The van der Waals surface area contributed by atoms with Gasteiger partial charge in [-0.2, -0.15) is 0 Å². The van der Waals surface area contributed by atoms with Crippen molar-refractivity contribution in [1.82, 2.24) is 9.80 Å². The second kappa shape index (κ2) is 4.90. The number of rotatable bonds is 3. The average molecular weight is 208 g/mol. The lowest BCUT2D eigenvalue weighted by Crippen LogP contribution is -2.43. The minimum absolute atomic E-state index is 0.246. The van der Waals surface area contributed by atoms with E-state index >= 15 is 0 Å². The van der Waals surface area contributed by atoms with Crippen LogP contribution in [0.3, 0.4) is 0 Å². The molecule has 0 spiro atoms. The molecule has 2 aliphatic rings. The summed E-state index contributed by atoms with van der Waals surface area (Å²) in [6.07, 6.45) is 5.20. The molecule has 2 rings (SSSR count). The summed E-state index contributed by atoms with van der Waals surface area (Å²) in [6, 6.07) is 0. The van der Waals surface area contributed by atoms with E-state index in [-0.39, 0.29) is 5.92 Å². The fourth-order valence-corrected chi connectivity index (χ4v) is 2.29. The predicted octanol–water partition coefficient (Wildman–Crippen LogP) is 0.769. The minimum Gasteiger partial charge on any atom is -0.301 e. The van der Waals surface area contributed by atoms with Crippen LogP contribution in [-0.2, 0) is 4.79 Å². The van der Waals surface area contributed by atoms with Crippen LogP contribution in [0.2, 0.25) is 0 Å². The van der Waals surface area contributed by atoms with E-state index in [0.29, 0.717) is 5.78 Å². The molecule has 3 nitrogen and oxygen atoms in total. The molecule has 3 heteroatoms. The van der Waals surface area contributed by atoms with Gasteiger partial charge in [0.15, 0.2) is 0 Å². The average Bonchev–Trinajstić information content (AvgIpc) is 2.73. The molecule has 0 radical (unpaired) electrons. The summed E-state index contributed by atoms with van der Waals surface area (Å²) in [7, 11) is 0. The Kier molecular flexibility index (Phi) is 3.54. The zero-order valence-corrected chi connectivity index (χ0v) is 9.48. The number of Topliss-reactive ketones (excluding diaryl/α,β-unsaturated/α-hetero) is 1. The van der Waals surface area contributed by atoms with E-state index in [0.717, 1.165) is 45.7 Å². The molecular formula is C12H20N2O. The van der Waals surface area contributed by atoms with Crippen LogP contribution in [0.1, 0.15) is 13.3 Å². The summed E-state index contributed by atoms with van der Waals surface area (Å²) >= 11 is 0. The number of hydrogen-bond acceptors (Lipinski definition) is 3. The molecule has 0 aromatic heterocycles. The summed E-state index contributed by atoms with van der Waals surface area (Å²) in [6.45, 7) is 8.41. The first kappa shape index (κ1) is 10.8. The quantitative estimate of drug-likeness (QED) is 0.640. The van der Waals surface area contributed by atoms with Gasteiger partial charge in [-0.05, 0) is 0 Å². The molecule has 1 fully saturated rings. The van der Waals surface area contributed by atoms with Crippen molar-refractivity contribution < 1.29 is 4.79 Å². The molecule has 1 unspecified atom stereocenters. The van der Waals surface area contributed by atoms with Crippen LogP contribution in [0.5, 0.6) is 0 Å². The second-order valence-corrected chi connectivity index (χ2v) is 4.65. The third kappa shape index (κ3) is 2.89. The van der Waals surface area contributed by atoms with Gasteiger partial charge in [-0.15, -0.1) is 0 Å². The van der Waals surface area contributed by atoms with Gasteiger partial charge in [-0.25, -0.2) is 0 Å². The predicted molar refractivity (Wildman–Crippen MR) is 60.8 cm³/mol. The number of piperidine rings is 1. The van der Waals surface area contributed by atoms with Crippen LogP contribution in [0.4, 0.5) is 0 Å². The number of ketones is 1. The molecule has 0 aromatic carbocycles. The van der Waals surface area contributed by atoms with Crippen molar-refractivity contribution >= 4 is 5.78 Å². The number of nitrogens with zero attached hydrogens (tertiary/aromatic N) is 2. The molecule has 0 bridgehead atoms. The molecule has 0 saturated carbocycles. The van der Waals surface area contributed by atoms with Crippen molar-refractivity contribution in [3.05, 3.63) is 12.2 Å². The van der Waals surface area contributed by atoms with Gasteiger partial charge in [-0.1, -0.05) is 19.1 Å². The Morgan fingerprint density at radius 2 is 1.93 bits per heavy atom. The zero-order valence-electron chi connectivity index (χ0n) is 9.48. The Morgan fingerprint density at radius 3 is 2.60 bits per heavy atom. The van der Waals surface area contributed by atoms with Gasteiger partial charge in [0.25, 0.3) is 0 Å². The Hall–Kier alpha value is -0.670. The van der Waals surface area contributed by atoms with Gasteiger partial charge in [0.05, 0.1) is 0 Å². The number of carbonyl (C=O) groups excluding carboxylic acids is 1. The first-order chi connectivity index (χ1) is 7.25. The molecular weight excluding hydrogens is 188 g/mol. The molecule has 2 heterocycles. The van der Waals surface area contributed by atoms with Crippen molar-refractivity contribution in [3.63, 3.8) is 0 Å². The molecule has 1 atom stereocenters. The van der Waals surface area contributed by atoms with Crippen molar-refractivity contribution in [2.24, 2.45) is 5.92 Å². The summed E-state index contributed by atoms with van der Waals surface area (Å²) in [5.41, 5.74) is 0. The molecule has 1 saturated heterocycles. The van der Waals surface area contributed by atoms with Crippen molar-refractivity contribution in [1.29, 1.82) is 0 Å². The normalized spacial score (nSPS) is 28.9. The minimum atomic E-state index is 0.246. The van der Waals surface area contributed by atoms with Crippen LogP contribution >= 0.6 is 0 Å².